The van der Waals surface area contributed by atoms with Crippen LogP contribution in [0.4, 0.5) is 0 Å². The molecule has 1 fully saturated rings. The second-order valence-electron chi connectivity index (χ2n) is 12.5. The smallest absolute Gasteiger partial charge is 0.337 e. The number of hydrogen-bond acceptors (Lipinski definition) is 5. The van der Waals surface area contributed by atoms with E-state index in [1.165, 1.54) is 23.1 Å². The molecule has 8 heteroatoms. The average Bonchev–Trinajstić information content (AvgIpc) is 3.30. The summed E-state index contributed by atoms with van der Waals surface area (Å²) in [5.74, 6) is -1.04. The first kappa shape index (κ1) is 29.3. The van der Waals surface area contributed by atoms with Crippen molar-refractivity contribution in [3.05, 3.63) is 70.8 Å². The minimum atomic E-state index is -1.04. The summed E-state index contributed by atoms with van der Waals surface area (Å²) in [6.45, 7) is 9.61. The van der Waals surface area contributed by atoms with Crippen molar-refractivity contribution in [3.63, 3.8) is 0 Å². The van der Waals surface area contributed by atoms with Crippen LogP contribution in [-0.2, 0) is 32.0 Å². The summed E-state index contributed by atoms with van der Waals surface area (Å²) in [6.07, 6.45) is 2.63. The lowest BCUT2D eigenvalue weighted by molar-refractivity contribution is -0.157. The maximum Gasteiger partial charge on any atom is 0.337 e. The molecule has 2 aromatic carbocycles. The Labute approximate surface area is 236 Å². The first-order valence-electron chi connectivity index (χ1n) is 14.1. The van der Waals surface area contributed by atoms with Crippen LogP contribution in [0.15, 0.2) is 48.5 Å². The summed E-state index contributed by atoms with van der Waals surface area (Å²) in [7, 11) is 1.31. The van der Waals surface area contributed by atoms with Gasteiger partial charge in [-0.2, -0.15) is 0 Å². The molecule has 2 aliphatic rings. The molecule has 2 N–H and O–H groups in total. The number of ether oxygens (including phenoxy) is 1. The molecule has 1 aliphatic heterocycles. The van der Waals surface area contributed by atoms with Gasteiger partial charge in [0.05, 0.1) is 12.7 Å². The zero-order valence-electron chi connectivity index (χ0n) is 24.3. The van der Waals surface area contributed by atoms with E-state index >= 15 is 0 Å². The van der Waals surface area contributed by atoms with Gasteiger partial charge in [-0.1, -0.05) is 50.2 Å². The van der Waals surface area contributed by atoms with E-state index in [0.29, 0.717) is 24.0 Å². The Bertz CT molecular complexity index is 1240. The van der Waals surface area contributed by atoms with Crippen molar-refractivity contribution in [2.24, 2.45) is 11.8 Å². The molecule has 0 radical (unpaired) electrons. The summed E-state index contributed by atoms with van der Waals surface area (Å²) in [6, 6.07) is 12.2. The predicted octanol–water partition coefficient (Wildman–Crippen LogP) is 3.98. The SMILES string of the molecule is COC(=O)c1ccc([C@H](C(=O)NC(C)(C)C)N2C(=O)C(CC3Cc4ccccc4C3)NC(=O)[C@H]2CC(C)C)cc1. The van der Waals surface area contributed by atoms with Crippen LogP contribution >= 0.6 is 0 Å². The Kier molecular flexibility index (Phi) is 8.66. The van der Waals surface area contributed by atoms with Gasteiger partial charge in [-0.05, 0) is 87.1 Å². The largest absolute Gasteiger partial charge is 0.465 e. The predicted molar refractivity (Wildman–Crippen MR) is 152 cm³/mol. The van der Waals surface area contributed by atoms with Gasteiger partial charge in [0.1, 0.15) is 18.1 Å². The highest BCUT2D eigenvalue weighted by Gasteiger charge is 2.47. The van der Waals surface area contributed by atoms with Gasteiger partial charge in [0.2, 0.25) is 17.7 Å². The average molecular weight is 548 g/mol. The van der Waals surface area contributed by atoms with Crippen LogP contribution in [0.25, 0.3) is 0 Å². The fourth-order valence-corrected chi connectivity index (χ4v) is 5.87. The zero-order valence-corrected chi connectivity index (χ0v) is 24.3. The molecule has 4 rings (SSSR count). The number of nitrogens with zero attached hydrogens (tertiary/aromatic N) is 1. The van der Waals surface area contributed by atoms with E-state index in [2.05, 4.69) is 22.8 Å². The Morgan fingerprint density at radius 1 is 1.02 bits per heavy atom. The molecule has 1 saturated heterocycles. The van der Waals surface area contributed by atoms with Gasteiger partial charge in [0.25, 0.3) is 0 Å². The highest BCUT2D eigenvalue weighted by Crippen LogP contribution is 2.34. The number of fused-ring (bicyclic) bond motifs is 1. The number of carbonyl (C=O) groups excluding carboxylic acids is 4. The van der Waals surface area contributed by atoms with E-state index in [4.69, 9.17) is 4.74 Å². The fraction of sp³-hybridized carbons (Fsp3) is 0.500. The van der Waals surface area contributed by atoms with Crippen LogP contribution in [0.1, 0.15) is 80.6 Å². The molecule has 214 valence electrons. The number of esters is 1. The van der Waals surface area contributed by atoms with Crippen LogP contribution in [0.2, 0.25) is 0 Å². The molecule has 0 spiro atoms. The number of rotatable bonds is 8. The number of carbonyl (C=O) groups is 4. The lowest BCUT2D eigenvalue weighted by Crippen LogP contribution is -2.66. The number of methoxy groups -OCH3 is 1. The number of amides is 3. The summed E-state index contributed by atoms with van der Waals surface area (Å²) in [5.41, 5.74) is 2.86. The van der Waals surface area contributed by atoms with Gasteiger partial charge in [0.15, 0.2) is 0 Å². The van der Waals surface area contributed by atoms with Crippen molar-refractivity contribution in [2.45, 2.75) is 84.0 Å². The van der Waals surface area contributed by atoms with Gasteiger partial charge in [0, 0.05) is 5.54 Å². The van der Waals surface area contributed by atoms with Crippen molar-refractivity contribution in [3.8, 4) is 0 Å². The second-order valence-corrected chi connectivity index (χ2v) is 12.5. The van der Waals surface area contributed by atoms with Gasteiger partial charge in [-0.15, -0.1) is 0 Å². The summed E-state index contributed by atoms with van der Waals surface area (Å²) in [5, 5.41) is 6.02. The van der Waals surface area contributed by atoms with Crippen LogP contribution in [0, 0.1) is 11.8 Å². The Morgan fingerprint density at radius 3 is 2.15 bits per heavy atom. The van der Waals surface area contributed by atoms with Crippen LogP contribution in [0.5, 0.6) is 0 Å². The molecule has 0 aromatic heterocycles. The minimum Gasteiger partial charge on any atom is -0.465 e. The normalized spacial score (nSPS) is 20.2. The topological polar surface area (TPSA) is 105 Å². The summed E-state index contributed by atoms with van der Waals surface area (Å²) < 4.78 is 4.82. The number of piperazine rings is 1. The van der Waals surface area contributed by atoms with E-state index in [1.807, 2.05) is 46.8 Å². The third-order valence-electron chi connectivity index (χ3n) is 7.58. The molecule has 3 atom stereocenters. The fourth-order valence-electron chi connectivity index (χ4n) is 5.87. The molecule has 1 unspecified atom stereocenters. The van der Waals surface area contributed by atoms with Crippen molar-refractivity contribution >= 4 is 23.7 Å². The van der Waals surface area contributed by atoms with Crippen molar-refractivity contribution in [1.82, 2.24) is 15.5 Å². The van der Waals surface area contributed by atoms with Crippen molar-refractivity contribution in [2.75, 3.05) is 7.11 Å². The first-order chi connectivity index (χ1) is 18.9. The van der Waals surface area contributed by atoms with Gasteiger partial charge in [-0.3, -0.25) is 14.4 Å². The van der Waals surface area contributed by atoms with Crippen LogP contribution in [0.3, 0.4) is 0 Å². The highest BCUT2D eigenvalue weighted by molar-refractivity contribution is 6.00. The lowest BCUT2D eigenvalue weighted by atomic mass is 9.89. The van der Waals surface area contributed by atoms with E-state index < -0.39 is 29.6 Å². The number of nitrogens with one attached hydrogen (secondary N) is 2. The third-order valence-corrected chi connectivity index (χ3v) is 7.58. The zero-order chi connectivity index (χ0) is 29.2. The third kappa shape index (κ3) is 6.54. The monoisotopic (exact) mass is 547 g/mol. The number of benzene rings is 2. The minimum absolute atomic E-state index is 0.111. The molecule has 2 aromatic rings. The Hall–Kier alpha value is -3.68. The van der Waals surface area contributed by atoms with Crippen LogP contribution in [-0.4, -0.2) is 53.3 Å². The molecule has 3 amide bonds. The standard InChI is InChI=1S/C32H41N3O5/c1-19(2)15-26-28(36)33-25(18-20-16-23-9-7-8-10-24(23)17-20)30(38)35(26)27(29(37)34-32(3,4)5)21-11-13-22(14-12-21)31(39)40-6/h7-14,19-20,25-27H,15-18H2,1-6H3,(H,33,36)(H,34,37)/t25?,26-,27-/m1/s1. The van der Waals surface area contributed by atoms with Crippen molar-refractivity contribution < 1.29 is 23.9 Å². The van der Waals surface area contributed by atoms with E-state index in [0.717, 1.165) is 12.8 Å². The molecule has 1 heterocycles. The van der Waals surface area contributed by atoms with E-state index in [9.17, 15) is 19.2 Å². The van der Waals surface area contributed by atoms with Gasteiger partial charge >= 0.3 is 5.97 Å². The highest BCUT2D eigenvalue weighted by atomic mass is 16.5. The van der Waals surface area contributed by atoms with Gasteiger partial charge in [-0.25, -0.2) is 4.79 Å². The molecule has 1 aliphatic carbocycles. The summed E-state index contributed by atoms with van der Waals surface area (Å²) in [4.78, 5) is 55.3. The Morgan fingerprint density at radius 2 is 1.62 bits per heavy atom. The second kappa shape index (κ2) is 11.8. The van der Waals surface area contributed by atoms with E-state index in [-0.39, 0.29) is 29.6 Å². The Balaban J connectivity index is 1.71. The quantitative estimate of drug-likeness (QED) is 0.487. The van der Waals surface area contributed by atoms with Gasteiger partial charge < -0.3 is 20.3 Å². The molecule has 40 heavy (non-hydrogen) atoms. The lowest BCUT2D eigenvalue weighted by Gasteiger charge is -2.44. The molecule has 0 saturated carbocycles. The first-order valence-corrected chi connectivity index (χ1v) is 14.1. The van der Waals surface area contributed by atoms with E-state index in [1.54, 1.807) is 24.3 Å². The summed E-state index contributed by atoms with van der Waals surface area (Å²) >= 11 is 0. The number of hydrogen-bond donors (Lipinski definition) is 2. The van der Waals surface area contributed by atoms with Crippen molar-refractivity contribution in [1.29, 1.82) is 0 Å². The van der Waals surface area contributed by atoms with Crippen LogP contribution < -0.4 is 10.6 Å². The maximum atomic E-state index is 14.3. The molecular weight excluding hydrogens is 506 g/mol. The maximum absolute atomic E-state index is 14.3. The molecule has 0 bridgehead atoms. The molecule has 8 nitrogen and oxygen atoms in total. The molecular formula is C32H41N3O5.